The van der Waals surface area contributed by atoms with Crippen LogP contribution in [0.1, 0.15) is 31.7 Å². The highest BCUT2D eigenvalue weighted by molar-refractivity contribution is 6.35. The summed E-state index contributed by atoms with van der Waals surface area (Å²) in [5, 5.41) is 1.54. The normalized spacial score (nSPS) is 14.1. The van der Waals surface area contributed by atoms with Gasteiger partial charge in [0.05, 0.1) is 16.2 Å². The standard InChI is InChI=1S/C25H29ClN6/c1-4-5-6-17(2)31-9-11-32(12-10-31)18(3)19-7-8-21-22(26)14-23(30-24(21)13-19)20-15-28-25(27)29-16-20/h7-8,13-16H,2-6,9-12H2,1H3,(H2,27,28,29). The Morgan fingerprint density at radius 3 is 2.44 bits per heavy atom. The summed E-state index contributed by atoms with van der Waals surface area (Å²) in [5.41, 5.74) is 11.2. The van der Waals surface area contributed by atoms with Crippen LogP contribution in [0.3, 0.4) is 0 Å². The summed E-state index contributed by atoms with van der Waals surface area (Å²) >= 11 is 6.55. The van der Waals surface area contributed by atoms with Crippen molar-refractivity contribution in [2.24, 2.45) is 0 Å². The fourth-order valence-corrected chi connectivity index (χ4v) is 4.26. The van der Waals surface area contributed by atoms with E-state index >= 15 is 0 Å². The van der Waals surface area contributed by atoms with Crippen molar-refractivity contribution < 1.29 is 0 Å². The van der Waals surface area contributed by atoms with Crippen molar-refractivity contribution in [2.45, 2.75) is 26.2 Å². The predicted octanol–water partition coefficient (Wildman–Crippen LogP) is 5.22. The maximum atomic E-state index is 6.55. The van der Waals surface area contributed by atoms with Gasteiger partial charge in [-0.1, -0.05) is 50.2 Å². The molecule has 1 aliphatic heterocycles. The molecule has 32 heavy (non-hydrogen) atoms. The van der Waals surface area contributed by atoms with Crippen molar-refractivity contribution in [3.05, 3.63) is 66.1 Å². The average molecular weight is 449 g/mol. The summed E-state index contributed by atoms with van der Waals surface area (Å²) in [7, 11) is 0. The maximum absolute atomic E-state index is 6.55. The van der Waals surface area contributed by atoms with Gasteiger partial charge in [0, 0.05) is 60.9 Å². The summed E-state index contributed by atoms with van der Waals surface area (Å²) in [4.78, 5) is 17.7. The molecular weight excluding hydrogens is 420 g/mol. The van der Waals surface area contributed by atoms with Gasteiger partial charge in [-0.2, -0.15) is 0 Å². The molecule has 0 amide bonds. The number of benzene rings is 1. The van der Waals surface area contributed by atoms with E-state index in [9.17, 15) is 0 Å². The van der Waals surface area contributed by atoms with Crippen LogP contribution in [0.2, 0.25) is 5.02 Å². The van der Waals surface area contributed by atoms with E-state index in [0.717, 1.165) is 60.3 Å². The summed E-state index contributed by atoms with van der Waals surface area (Å²) in [6.45, 7) is 14.7. The van der Waals surface area contributed by atoms with Gasteiger partial charge in [-0.15, -0.1) is 0 Å². The lowest BCUT2D eigenvalue weighted by Crippen LogP contribution is -2.44. The van der Waals surface area contributed by atoms with Crippen molar-refractivity contribution in [1.29, 1.82) is 0 Å². The predicted molar refractivity (Wildman–Crippen MR) is 133 cm³/mol. The van der Waals surface area contributed by atoms with Crippen molar-refractivity contribution in [1.82, 2.24) is 24.8 Å². The second-order valence-corrected chi connectivity index (χ2v) is 8.55. The number of aromatic nitrogens is 3. The molecule has 1 saturated heterocycles. The maximum Gasteiger partial charge on any atom is 0.219 e. The van der Waals surface area contributed by atoms with Gasteiger partial charge in [0.1, 0.15) is 0 Å². The summed E-state index contributed by atoms with van der Waals surface area (Å²) < 4.78 is 0. The zero-order chi connectivity index (χ0) is 22.7. The number of fused-ring (bicyclic) bond motifs is 1. The Kier molecular flexibility index (Phi) is 6.61. The number of pyridine rings is 1. The van der Waals surface area contributed by atoms with E-state index in [4.69, 9.17) is 22.3 Å². The number of unbranched alkanes of at least 4 members (excludes halogenated alkanes) is 1. The first-order valence-corrected chi connectivity index (χ1v) is 11.4. The second-order valence-electron chi connectivity index (χ2n) is 8.14. The van der Waals surface area contributed by atoms with E-state index in [1.807, 2.05) is 12.1 Å². The molecule has 4 rings (SSSR count). The lowest BCUT2D eigenvalue weighted by molar-refractivity contribution is 0.209. The molecule has 0 spiro atoms. The molecule has 0 aliphatic carbocycles. The van der Waals surface area contributed by atoms with Gasteiger partial charge < -0.3 is 15.5 Å². The van der Waals surface area contributed by atoms with Crippen molar-refractivity contribution in [3.63, 3.8) is 0 Å². The molecule has 0 unspecified atom stereocenters. The van der Waals surface area contributed by atoms with Gasteiger partial charge >= 0.3 is 0 Å². The number of nitrogens with two attached hydrogens (primary N) is 1. The van der Waals surface area contributed by atoms with Crippen LogP contribution in [0.4, 0.5) is 5.95 Å². The SMILES string of the molecule is C=C(CCCC)N1CCN(C(=C)c2ccc3c(Cl)cc(-c4cnc(N)nc4)nc3c2)CC1. The Hall–Kier alpha value is -3.12. The Bertz CT molecular complexity index is 1130. The zero-order valence-corrected chi connectivity index (χ0v) is 19.3. The number of halogens is 1. The molecule has 0 radical (unpaired) electrons. The van der Waals surface area contributed by atoms with Crippen LogP contribution in [-0.2, 0) is 0 Å². The summed E-state index contributed by atoms with van der Waals surface area (Å²) in [6, 6.07) is 7.96. The van der Waals surface area contributed by atoms with E-state index in [0.29, 0.717) is 10.7 Å². The smallest absolute Gasteiger partial charge is 0.219 e. The first-order valence-electron chi connectivity index (χ1n) is 11.0. The number of allylic oxidation sites excluding steroid dienone is 1. The van der Waals surface area contributed by atoms with Crippen LogP contribution in [0.25, 0.3) is 27.9 Å². The molecule has 0 atom stereocenters. The zero-order valence-electron chi connectivity index (χ0n) is 18.5. The molecule has 1 aliphatic rings. The number of hydrogen-bond acceptors (Lipinski definition) is 6. The lowest BCUT2D eigenvalue weighted by Gasteiger charge is -2.39. The van der Waals surface area contributed by atoms with Gasteiger partial charge in [0.2, 0.25) is 5.95 Å². The number of anilines is 1. The molecule has 7 heteroatoms. The van der Waals surface area contributed by atoms with Crippen molar-refractivity contribution in [3.8, 4) is 11.3 Å². The summed E-state index contributed by atoms with van der Waals surface area (Å²) in [5.74, 6) is 0.230. The molecule has 3 aromatic rings. The van der Waals surface area contributed by atoms with Crippen molar-refractivity contribution >= 4 is 34.1 Å². The quantitative estimate of drug-likeness (QED) is 0.534. The van der Waals surface area contributed by atoms with Gasteiger partial charge in [-0.25, -0.2) is 15.0 Å². The molecule has 6 nitrogen and oxygen atoms in total. The molecular formula is C25H29ClN6. The van der Waals surface area contributed by atoms with E-state index in [1.165, 1.54) is 18.5 Å². The molecule has 166 valence electrons. The Morgan fingerprint density at radius 2 is 1.75 bits per heavy atom. The molecule has 0 bridgehead atoms. The highest BCUT2D eigenvalue weighted by atomic mass is 35.5. The minimum atomic E-state index is 0.230. The lowest BCUT2D eigenvalue weighted by atomic mass is 10.1. The van der Waals surface area contributed by atoms with E-state index in [-0.39, 0.29) is 5.95 Å². The number of rotatable bonds is 7. The average Bonchev–Trinajstić information content (AvgIpc) is 2.82. The van der Waals surface area contributed by atoms with Crippen LogP contribution in [0.15, 0.2) is 55.5 Å². The van der Waals surface area contributed by atoms with E-state index in [2.05, 4.69) is 52.0 Å². The number of nitrogens with zero attached hydrogens (tertiary/aromatic N) is 5. The van der Waals surface area contributed by atoms with Gasteiger partial charge in [-0.05, 0) is 30.5 Å². The van der Waals surface area contributed by atoms with Gasteiger partial charge in [-0.3, -0.25) is 0 Å². The minimum absolute atomic E-state index is 0.230. The number of nitrogen functional groups attached to an aromatic ring is 1. The van der Waals surface area contributed by atoms with E-state index in [1.54, 1.807) is 12.4 Å². The topological polar surface area (TPSA) is 71.2 Å². The summed E-state index contributed by atoms with van der Waals surface area (Å²) in [6.07, 6.45) is 6.79. The first kappa shape index (κ1) is 22.1. The third-order valence-electron chi connectivity index (χ3n) is 5.99. The van der Waals surface area contributed by atoms with Crippen LogP contribution >= 0.6 is 11.6 Å². The van der Waals surface area contributed by atoms with Crippen LogP contribution < -0.4 is 5.73 Å². The van der Waals surface area contributed by atoms with Crippen LogP contribution in [0, 0.1) is 0 Å². The highest BCUT2D eigenvalue weighted by Gasteiger charge is 2.20. The third kappa shape index (κ3) is 4.70. The molecule has 2 aromatic heterocycles. The molecule has 1 aromatic carbocycles. The Labute approximate surface area is 194 Å². The third-order valence-corrected chi connectivity index (χ3v) is 6.30. The molecule has 3 heterocycles. The van der Waals surface area contributed by atoms with Crippen molar-refractivity contribution in [2.75, 3.05) is 31.9 Å². The van der Waals surface area contributed by atoms with Crippen LogP contribution in [-0.4, -0.2) is 50.9 Å². The molecule has 0 saturated carbocycles. The fourth-order valence-electron chi connectivity index (χ4n) is 4.00. The first-order chi connectivity index (χ1) is 15.5. The Balaban J connectivity index is 1.52. The number of piperazine rings is 1. The van der Waals surface area contributed by atoms with Crippen LogP contribution in [0.5, 0.6) is 0 Å². The Morgan fingerprint density at radius 1 is 1.06 bits per heavy atom. The molecule has 1 fully saturated rings. The monoisotopic (exact) mass is 448 g/mol. The minimum Gasteiger partial charge on any atom is -0.372 e. The fraction of sp³-hybridized carbons (Fsp3) is 0.320. The van der Waals surface area contributed by atoms with Gasteiger partial charge in [0.15, 0.2) is 0 Å². The molecule has 2 N–H and O–H groups in total. The van der Waals surface area contributed by atoms with Gasteiger partial charge in [0.25, 0.3) is 0 Å². The number of hydrogen-bond donors (Lipinski definition) is 1. The largest absolute Gasteiger partial charge is 0.372 e. The second kappa shape index (κ2) is 9.57. The highest BCUT2D eigenvalue weighted by Crippen LogP contribution is 2.30. The van der Waals surface area contributed by atoms with E-state index < -0.39 is 0 Å².